The molecule has 7 nitrogen and oxygen atoms in total. The number of hydrogen-bond donors (Lipinski definition) is 2. The van der Waals surface area contributed by atoms with Crippen molar-refractivity contribution >= 4 is 34.9 Å². The number of fused-ring (bicyclic) bond motifs is 2. The Hall–Kier alpha value is -2.43. The number of ether oxygens (including phenoxy) is 2. The van der Waals surface area contributed by atoms with Gasteiger partial charge in [-0.2, -0.15) is 0 Å². The fourth-order valence-corrected chi connectivity index (χ4v) is 7.53. The van der Waals surface area contributed by atoms with E-state index < -0.39 is 0 Å². The lowest BCUT2D eigenvalue weighted by Gasteiger charge is -2.39. The molecule has 0 amide bonds. The highest BCUT2D eigenvalue weighted by molar-refractivity contribution is 8.05. The van der Waals surface area contributed by atoms with Crippen molar-refractivity contribution in [3.05, 3.63) is 58.9 Å². The Morgan fingerprint density at radius 2 is 1.92 bits per heavy atom. The smallest absolute Gasteiger partial charge is 0.250 e. The average molecular weight is 537 g/mol. The Bertz CT molecular complexity index is 1340. The monoisotopic (exact) mass is 536 g/mol. The molecule has 2 N–H and O–H groups in total. The first-order valence-electron chi connectivity index (χ1n) is 12.8. The van der Waals surface area contributed by atoms with Crippen LogP contribution in [0, 0.1) is 0 Å². The van der Waals surface area contributed by atoms with E-state index in [0.717, 1.165) is 55.4 Å². The summed E-state index contributed by atoms with van der Waals surface area (Å²) in [5.41, 5.74) is 3.94. The number of benzene rings is 2. The third kappa shape index (κ3) is 5.42. The Morgan fingerprint density at radius 3 is 2.73 bits per heavy atom. The molecule has 37 heavy (non-hydrogen) atoms. The van der Waals surface area contributed by atoms with Crippen LogP contribution in [0.5, 0.6) is 0 Å². The summed E-state index contributed by atoms with van der Waals surface area (Å²) >= 11 is 3.57. The molecule has 3 aliphatic rings. The lowest BCUT2D eigenvalue weighted by Crippen LogP contribution is -2.54. The predicted molar refractivity (Wildman–Crippen MR) is 151 cm³/mol. The van der Waals surface area contributed by atoms with E-state index in [4.69, 9.17) is 9.47 Å². The number of H-pyrrole nitrogens is 1. The number of morpholine rings is 1. The van der Waals surface area contributed by atoms with Gasteiger partial charge in [0.25, 0.3) is 0 Å². The first-order valence-corrected chi connectivity index (χ1v) is 14.4. The molecular formula is C28H32N4O3S2. The SMILES string of the molecule is COC1CN(CC(C)Nc2ccc3c(c2)Sc2cccc(-c4cc(N5CCOCC5)cc(=O)[nH]4)c2S3)C1. The van der Waals surface area contributed by atoms with Gasteiger partial charge in [-0.05, 0) is 37.3 Å². The van der Waals surface area contributed by atoms with E-state index in [0.29, 0.717) is 25.4 Å². The molecule has 0 radical (unpaired) electrons. The van der Waals surface area contributed by atoms with Crippen LogP contribution in [-0.2, 0) is 9.47 Å². The summed E-state index contributed by atoms with van der Waals surface area (Å²) in [7, 11) is 1.79. The summed E-state index contributed by atoms with van der Waals surface area (Å²) < 4.78 is 10.9. The lowest BCUT2D eigenvalue weighted by molar-refractivity contribution is -0.0300. The molecule has 194 valence electrons. The zero-order valence-corrected chi connectivity index (χ0v) is 22.8. The van der Waals surface area contributed by atoms with Crippen LogP contribution < -0.4 is 15.8 Å². The summed E-state index contributed by atoms with van der Waals surface area (Å²) in [6.07, 6.45) is 0.383. The van der Waals surface area contributed by atoms with Gasteiger partial charge in [-0.25, -0.2) is 0 Å². The van der Waals surface area contributed by atoms with Crippen molar-refractivity contribution in [2.45, 2.75) is 38.7 Å². The molecule has 1 atom stereocenters. The fourth-order valence-electron chi connectivity index (χ4n) is 5.12. The van der Waals surface area contributed by atoms with Crippen molar-refractivity contribution in [3.8, 4) is 11.3 Å². The summed E-state index contributed by atoms with van der Waals surface area (Å²) in [6, 6.07) is 17.1. The van der Waals surface area contributed by atoms with Crippen molar-refractivity contribution in [2.24, 2.45) is 0 Å². The van der Waals surface area contributed by atoms with E-state index in [1.54, 1.807) is 36.7 Å². The highest BCUT2D eigenvalue weighted by atomic mass is 32.2. The third-order valence-corrected chi connectivity index (χ3v) is 9.65. The second kappa shape index (κ2) is 10.7. The highest BCUT2D eigenvalue weighted by Gasteiger charge is 2.27. The number of likely N-dealkylation sites (tertiary alicyclic amines) is 1. The minimum Gasteiger partial charge on any atom is -0.381 e. The van der Waals surface area contributed by atoms with Crippen LogP contribution in [0.25, 0.3) is 11.3 Å². The maximum absolute atomic E-state index is 12.6. The number of nitrogens with zero attached hydrogens (tertiary/aromatic N) is 2. The Labute approximate surface area is 225 Å². The molecule has 0 spiro atoms. The van der Waals surface area contributed by atoms with Crippen molar-refractivity contribution < 1.29 is 9.47 Å². The maximum atomic E-state index is 12.6. The second-order valence-corrected chi connectivity index (χ2v) is 12.0. The van der Waals surface area contributed by atoms with E-state index in [2.05, 4.69) is 69.5 Å². The van der Waals surface area contributed by atoms with Gasteiger partial charge in [0, 0.05) is 88.5 Å². The van der Waals surface area contributed by atoms with Crippen LogP contribution in [0.2, 0.25) is 0 Å². The van der Waals surface area contributed by atoms with Crippen molar-refractivity contribution in [2.75, 3.05) is 63.3 Å². The third-order valence-electron chi connectivity index (χ3n) is 7.05. The largest absolute Gasteiger partial charge is 0.381 e. The number of methoxy groups -OCH3 is 1. The van der Waals surface area contributed by atoms with Crippen molar-refractivity contribution in [1.29, 1.82) is 0 Å². The minimum absolute atomic E-state index is 0.0775. The molecule has 0 bridgehead atoms. The number of aromatic amines is 1. The number of anilines is 2. The molecule has 6 rings (SSSR count). The first kappa shape index (κ1) is 24.9. The minimum atomic E-state index is -0.0775. The Balaban J connectivity index is 1.20. The van der Waals surface area contributed by atoms with Gasteiger partial charge in [0.15, 0.2) is 0 Å². The summed E-state index contributed by atoms with van der Waals surface area (Å²) in [6.45, 7) is 8.24. The fraction of sp³-hybridized carbons (Fsp3) is 0.393. The van der Waals surface area contributed by atoms with E-state index in [1.807, 2.05) is 0 Å². The van der Waals surface area contributed by atoms with Crippen molar-refractivity contribution in [3.63, 3.8) is 0 Å². The Morgan fingerprint density at radius 1 is 1.08 bits per heavy atom. The van der Waals surface area contributed by atoms with Crippen LogP contribution in [0.3, 0.4) is 0 Å². The zero-order chi connectivity index (χ0) is 25.4. The zero-order valence-electron chi connectivity index (χ0n) is 21.2. The van der Waals surface area contributed by atoms with E-state index in [-0.39, 0.29) is 5.56 Å². The topological polar surface area (TPSA) is 69.8 Å². The van der Waals surface area contributed by atoms with Gasteiger partial charge in [-0.15, -0.1) is 0 Å². The van der Waals surface area contributed by atoms with Crippen LogP contribution in [-0.4, -0.2) is 75.1 Å². The molecule has 2 fully saturated rings. The first-order chi connectivity index (χ1) is 18.1. The number of nitrogens with one attached hydrogen (secondary N) is 2. The molecule has 0 aliphatic carbocycles. The predicted octanol–water partition coefficient (Wildman–Crippen LogP) is 4.63. The van der Waals surface area contributed by atoms with Gasteiger partial charge >= 0.3 is 0 Å². The second-order valence-electron chi connectivity index (χ2n) is 9.84. The van der Waals surface area contributed by atoms with Gasteiger partial charge < -0.3 is 24.7 Å². The Kier molecular flexibility index (Phi) is 7.23. The van der Waals surface area contributed by atoms with Crippen LogP contribution in [0.1, 0.15) is 6.92 Å². The number of pyridine rings is 1. The van der Waals surface area contributed by atoms with Gasteiger partial charge in [0.05, 0.1) is 25.0 Å². The molecule has 2 saturated heterocycles. The number of aromatic nitrogens is 1. The molecule has 9 heteroatoms. The molecule has 1 aromatic heterocycles. The normalized spacial score (nSPS) is 18.6. The molecule has 2 aromatic carbocycles. The van der Waals surface area contributed by atoms with E-state index in [1.165, 1.54) is 19.6 Å². The molecule has 0 saturated carbocycles. The summed E-state index contributed by atoms with van der Waals surface area (Å²) in [4.78, 5) is 25.2. The quantitative estimate of drug-likeness (QED) is 0.355. The lowest BCUT2D eigenvalue weighted by atomic mass is 10.1. The highest BCUT2D eigenvalue weighted by Crippen LogP contribution is 2.52. The maximum Gasteiger partial charge on any atom is 0.250 e. The summed E-state index contributed by atoms with van der Waals surface area (Å²) in [5, 5.41) is 3.67. The van der Waals surface area contributed by atoms with Crippen LogP contribution in [0.15, 0.2) is 72.9 Å². The molecule has 4 heterocycles. The molecule has 1 unspecified atom stereocenters. The van der Waals surface area contributed by atoms with Gasteiger partial charge in [-0.1, -0.05) is 35.7 Å². The van der Waals surface area contributed by atoms with Gasteiger partial charge in [0.1, 0.15) is 0 Å². The van der Waals surface area contributed by atoms with Crippen LogP contribution >= 0.6 is 23.5 Å². The van der Waals surface area contributed by atoms with E-state index in [9.17, 15) is 4.79 Å². The average Bonchev–Trinajstić information content (AvgIpc) is 2.89. The van der Waals surface area contributed by atoms with Gasteiger partial charge in [-0.3, -0.25) is 9.69 Å². The van der Waals surface area contributed by atoms with E-state index >= 15 is 0 Å². The van der Waals surface area contributed by atoms with Crippen LogP contribution in [0.4, 0.5) is 11.4 Å². The number of rotatable bonds is 7. The summed E-state index contributed by atoms with van der Waals surface area (Å²) in [5.74, 6) is 0. The van der Waals surface area contributed by atoms with Crippen molar-refractivity contribution in [1.82, 2.24) is 9.88 Å². The molecular weight excluding hydrogens is 504 g/mol. The van der Waals surface area contributed by atoms with Gasteiger partial charge in [0.2, 0.25) is 5.56 Å². The molecule has 3 aliphatic heterocycles. The molecule has 3 aromatic rings. The number of hydrogen-bond acceptors (Lipinski definition) is 8. The standard InChI is InChI=1S/C28H32N4O3S2/c1-18(15-31-16-21(17-31)34-2)29-19-6-7-24-26(12-19)36-25-5-3-4-22(28(25)37-24)23-13-20(14-27(33)30-23)32-8-10-35-11-9-32/h3-7,12-14,18,21,29H,8-11,15-17H2,1-2H3,(H,30,33).